The molecule has 0 atom stereocenters. The van der Waals surface area contributed by atoms with Gasteiger partial charge in [-0.05, 0) is 24.4 Å². The van der Waals surface area contributed by atoms with Crippen molar-refractivity contribution in [2.75, 3.05) is 0 Å². The largest absolute Gasteiger partial charge is 0.477 e. The van der Waals surface area contributed by atoms with E-state index < -0.39 is 5.97 Å². The van der Waals surface area contributed by atoms with Gasteiger partial charge in [0.25, 0.3) is 0 Å². The summed E-state index contributed by atoms with van der Waals surface area (Å²) in [5.74, 6) is -0.540. The Morgan fingerprint density at radius 2 is 2.33 bits per heavy atom. The van der Waals surface area contributed by atoms with Gasteiger partial charge in [-0.2, -0.15) is 0 Å². The van der Waals surface area contributed by atoms with Crippen LogP contribution in [-0.2, 0) is 0 Å². The molecular formula is C7H8N2O2S. The van der Waals surface area contributed by atoms with Gasteiger partial charge in [0.1, 0.15) is 0 Å². The summed E-state index contributed by atoms with van der Waals surface area (Å²) in [6.07, 6.45) is 3.30. The Hall–Kier alpha value is -0.970. The lowest BCUT2D eigenvalue weighted by molar-refractivity contribution is 0.0699. The van der Waals surface area contributed by atoms with E-state index in [0.29, 0.717) is 16.5 Å². The summed E-state index contributed by atoms with van der Waals surface area (Å²) >= 11 is 0.975. The molecule has 0 aromatic carbocycles. The lowest BCUT2D eigenvalue weighted by atomic mass is 9.82. The second-order valence-corrected chi connectivity index (χ2v) is 3.67. The van der Waals surface area contributed by atoms with E-state index in [4.69, 9.17) is 5.11 Å². The van der Waals surface area contributed by atoms with E-state index in [1.165, 1.54) is 6.42 Å². The van der Waals surface area contributed by atoms with Crippen LogP contribution in [0.2, 0.25) is 0 Å². The average molecular weight is 184 g/mol. The second kappa shape index (κ2) is 2.82. The summed E-state index contributed by atoms with van der Waals surface area (Å²) in [7, 11) is 0. The Labute approximate surface area is 73.4 Å². The molecule has 5 heteroatoms. The van der Waals surface area contributed by atoms with Crippen LogP contribution in [0, 0.1) is 0 Å². The van der Waals surface area contributed by atoms with Crippen LogP contribution in [0.15, 0.2) is 0 Å². The van der Waals surface area contributed by atoms with Crippen LogP contribution in [0.1, 0.15) is 40.5 Å². The molecule has 1 heterocycles. The highest BCUT2D eigenvalue weighted by molar-refractivity contribution is 7.07. The fourth-order valence-corrected chi connectivity index (χ4v) is 1.88. The standard InChI is InChI=1S/C7H8N2O2S/c10-7(11)6-5(8-9-12-6)4-2-1-3-4/h4H,1-3H2,(H,10,11). The van der Waals surface area contributed by atoms with E-state index in [2.05, 4.69) is 9.59 Å². The fraction of sp³-hybridized carbons (Fsp3) is 0.571. The van der Waals surface area contributed by atoms with Crippen LogP contribution in [-0.4, -0.2) is 20.7 Å². The smallest absolute Gasteiger partial charge is 0.349 e. The van der Waals surface area contributed by atoms with Crippen LogP contribution >= 0.6 is 11.5 Å². The Balaban J connectivity index is 2.29. The summed E-state index contributed by atoms with van der Waals surface area (Å²) in [6.45, 7) is 0. The third-order valence-corrected chi connectivity index (χ3v) is 2.93. The number of carbonyl (C=O) groups is 1. The molecule has 4 nitrogen and oxygen atoms in total. The third-order valence-electron chi connectivity index (χ3n) is 2.20. The summed E-state index contributed by atoms with van der Waals surface area (Å²) in [6, 6.07) is 0. The van der Waals surface area contributed by atoms with E-state index in [9.17, 15) is 4.79 Å². The van der Waals surface area contributed by atoms with Crippen LogP contribution in [0.5, 0.6) is 0 Å². The first kappa shape index (κ1) is 7.67. The first-order valence-electron chi connectivity index (χ1n) is 3.84. The zero-order valence-electron chi connectivity index (χ0n) is 6.36. The maximum absolute atomic E-state index is 10.7. The second-order valence-electron chi connectivity index (χ2n) is 2.92. The van der Waals surface area contributed by atoms with Crippen LogP contribution in [0.3, 0.4) is 0 Å². The zero-order chi connectivity index (χ0) is 8.55. The quantitative estimate of drug-likeness (QED) is 0.756. The minimum Gasteiger partial charge on any atom is -0.477 e. The fourth-order valence-electron chi connectivity index (χ4n) is 1.29. The topological polar surface area (TPSA) is 63.1 Å². The van der Waals surface area contributed by atoms with Gasteiger partial charge in [0.15, 0.2) is 4.88 Å². The predicted molar refractivity (Wildman–Crippen MR) is 43.5 cm³/mol. The summed E-state index contributed by atoms with van der Waals surface area (Å²) in [5, 5.41) is 12.6. The molecular weight excluding hydrogens is 176 g/mol. The van der Waals surface area contributed by atoms with Crippen LogP contribution in [0.25, 0.3) is 0 Å². The number of rotatable bonds is 2. The molecule has 0 bridgehead atoms. The van der Waals surface area contributed by atoms with Crippen molar-refractivity contribution in [2.24, 2.45) is 0 Å². The van der Waals surface area contributed by atoms with Gasteiger partial charge in [0.05, 0.1) is 5.69 Å². The van der Waals surface area contributed by atoms with E-state index in [1.54, 1.807) is 0 Å². The highest BCUT2D eigenvalue weighted by atomic mass is 32.1. The van der Waals surface area contributed by atoms with Crippen molar-refractivity contribution in [3.05, 3.63) is 10.6 Å². The van der Waals surface area contributed by atoms with Crippen LogP contribution < -0.4 is 0 Å². The molecule has 0 unspecified atom stereocenters. The lowest BCUT2D eigenvalue weighted by Gasteiger charge is -2.23. The van der Waals surface area contributed by atoms with Crippen molar-refractivity contribution in [3.8, 4) is 0 Å². The van der Waals surface area contributed by atoms with E-state index in [1.807, 2.05) is 0 Å². The summed E-state index contributed by atoms with van der Waals surface area (Å²) in [4.78, 5) is 11.0. The lowest BCUT2D eigenvalue weighted by Crippen LogP contribution is -2.12. The maximum atomic E-state index is 10.7. The van der Waals surface area contributed by atoms with Gasteiger partial charge in [-0.3, -0.25) is 0 Å². The number of aromatic carboxylic acids is 1. The van der Waals surface area contributed by atoms with Crippen molar-refractivity contribution in [1.82, 2.24) is 9.59 Å². The number of carboxylic acids is 1. The van der Waals surface area contributed by atoms with Gasteiger partial charge in [0.2, 0.25) is 0 Å². The Bertz CT molecular complexity index is 306. The summed E-state index contributed by atoms with van der Waals surface area (Å²) < 4.78 is 3.66. The Morgan fingerprint density at radius 3 is 2.83 bits per heavy atom. The van der Waals surface area contributed by atoms with Crippen molar-refractivity contribution in [2.45, 2.75) is 25.2 Å². The third kappa shape index (κ3) is 1.10. The van der Waals surface area contributed by atoms with Gasteiger partial charge in [-0.25, -0.2) is 4.79 Å². The van der Waals surface area contributed by atoms with Crippen molar-refractivity contribution >= 4 is 17.5 Å². The van der Waals surface area contributed by atoms with Crippen molar-refractivity contribution < 1.29 is 9.90 Å². The minimum absolute atomic E-state index is 0.319. The molecule has 1 N–H and O–H groups in total. The molecule has 64 valence electrons. The van der Waals surface area contributed by atoms with Crippen molar-refractivity contribution in [3.63, 3.8) is 0 Å². The number of aromatic nitrogens is 2. The van der Waals surface area contributed by atoms with Gasteiger partial charge < -0.3 is 5.11 Å². The van der Waals surface area contributed by atoms with Gasteiger partial charge in [0, 0.05) is 5.92 Å². The molecule has 0 radical (unpaired) electrons. The molecule has 1 aromatic rings. The number of carboxylic acid groups (broad SMARTS) is 1. The molecule has 1 fully saturated rings. The molecule has 1 saturated carbocycles. The molecule has 0 amide bonds. The van der Waals surface area contributed by atoms with Gasteiger partial charge in [-0.1, -0.05) is 10.9 Å². The monoisotopic (exact) mass is 184 g/mol. The highest BCUT2D eigenvalue weighted by Crippen LogP contribution is 2.37. The SMILES string of the molecule is O=C(O)c1snnc1C1CCC1. The van der Waals surface area contributed by atoms with Gasteiger partial charge >= 0.3 is 5.97 Å². The zero-order valence-corrected chi connectivity index (χ0v) is 7.17. The van der Waals surface area contributed by atoms with E-state index >= 15 is 0 Å². The van der Waals surface area contributed by atoms with Crippen molar-refractivity contribution in [1.29, 1.82) is 0 Å². The molecule has 1 aromatic heterocycles. The van der Waals surface area contributed by atoms with E-state index in [0.717, 1.165) is 24.4 Å². The normalized spacial score (nSPS) is 17.3. The average Bonchev–Trinajstić information content (AvgIpc) is 2.31. The first-order chi connectivity index (χ1) is 5.79. The molecule has 2 rings (SSSR count). The Morgan fingerprint density at radius 1 is 1.58 bits per heavy atom. The minimum atomic E-state index is -0.896. The molecule has 0 spiro atoms. The van der Waals surface area contributed by atoms with Gasteiger partial charge in [-0.15, -0.1) is 5.10 Å². The first-order valence-corrected chi connectivity index (χ1v) is 4.62. The van der Waals surface area contributed by atoms with Crippen LogP contribution in [0.4, 0.5) is 0 Å². The number of hydrogen-bond acceptors (Lipinski definition) is 4. The highest BCUT2D eigenvalue weighted by Gasteiger charge is 2.27. The number of nitrogens with zero attached hydrogens (tertiary/aromatic N) is 2. The van der Waals surface area contributed by atoms with E-state index in [-0.39, 0.29) is 0 Å². The molecule has 0 saturated heterocycles. The molecule has 1 aliphatic rings. The molecule has 0 aliphatic heterocycles. The molecule has 12 heavy (non-hydrogen) atoms. The predicted octanol–water partition coefficient (Wildman–Crippen LogP) is 1.50. The summed E-state index contributed by atoms with van der Waals surface area (Å²) in [5.41, 5.74) is 0.693. The maximum Gasteiger partial charge on any atom is 0.349 e. The Kier molecular flexibility index (Phi) is 1.80. The molecule has 1 aliphatic carbocycles. The number of hydrogen-bond donors (Lipinski definition) is 1.